The number of fused-ring (bicyclic) bond motifs is 4. The smallest absolute Gasteiger partial charge is 0.249 e. The van der Waals surface area contributed by atoms with Crippen molar-refractivity contribution in [2.75, 3.05) is 4.90 Å². The number of rotatable bonds is 4. The Morgan fingerprint density at radius 1 is 0.528 bits per heavy atom. The van der Waals surface area contributed by atoms with E-state index in [0.717, 1.165) is 66.3 Å². The zero-order valence-corrected chi connectivity index (χ0v) is 30.6. The Bertz CT molecular complexity index is 2590. The summed E-state index contributed by atoms with van der Waals surface area (Å²) in [5, 5.41) is 20.3. The summed E-state index contributed by atoms with van der Waals surface area (Å²) < 4.78 is 0. The van der Waals surface area contributed by atoms with E-state index >= 15 is 0 Å². The second-order valence-electron chi connectivity index (χ2n) is 14.8. The van der Waals surface area contributed by atoms with Gasteiger partial charge in [0.15, 0.2) is 0 Å². The number of hydrogen-bond donors (Lipinski definition) is 0. The highest BCUT2D eigenvalue weighted by Gasteiger charge is 2.43. The molecule has 0 fully saturated rings. The van der Waals surface area contributed by atoms with Gasteiger partial charge in [-0.1, -0.05) is 129 Å². The first-order valence-corrected chi connectivity index (χ1v) is 18.7. The van der Waals surface area contributed by atoms with Gasteiger partial charge in [0.1, 0.15) is 0 Å². The Morgan fingerprint density at radius 3 is 1.64 bits per heavy atom. The molecule has 0 bridgehead atoms. The first-order chi connectivity index (χ1) is 25.8. The summed E-state index contributed by atoms with van der Waals surface area (Å²) in [6, 6.07) is 58.4. The van der Waals surface area contributed by atoms with Gasteiger partial charge >= 0.3 is 0 Å². The van der Waals surface area contributed by atoms with Gasteiger partial charge in [-0.05, 0) is 105 Å². The fraction of sp³-hybridized carbons (Fsp3) is 0.0833. The molecule has 0 radical (unpaired) electrons. The fourth-order valence-corrected chi connectivity index (χ4v) is 9.10. The van der Waals surface area contributed by atoms with Gasteiger partial charge in [-0.15, -0.1) is 0 Å². The van der Waals surface area contributed by atoms with E-state index in [1.807, 2.05) is 12.1 Å². The topological polar surface area (TPSA) is 50.8 Å². The monoisotopic (exact) mass is 695 g/mol. The van der Waals surface area contributed by atoms with Crippen molar-refractivity contribution in [3.63, 3.8) is 0 Å². The predicted molar refractivity (Wildman–Crippen MR) is 221 cm³/mol. The summed E-state index contributed by atoms with van der Waals surface area (Å²) >= 11 is 1.78. The van der Waals surface area contributed by atoms with Crippen LogP contribution in [0.2, 0.25) is 0 Å². The lowest BCUT2D eigenvalue weighted by Gasteiger charge is -2.42. The van der Waals surface area contributed by atoms with Crippen LogP contribution in [0.5, 0.6) is 0 Å². The number of benzene rings is 7. The lowest BCUT2D eigenvalue weighted by molar-refractivity contribution is 0.589. The largest absolute Gasteiger partial charge is 0.310 e. The Labute approximate surface area is 315 Å². The van der Waals surface area contributed by atoms with Crippen LogP contribution in [0.15, 0.2) is 161 Å². The molecule has 0 saturated heterocycles. The maximum Gasteiger partial charge on any atom is 0.249 e. The third-order valence-electron chi connectivity index (χ3n) is 10.5. The Morgan fingerprint density at radius 2 is 1.08 bits per heavy atom. The average molecular weight is 696 g/mol. The third kappa shape index (κ3) is 5.53. The molecular weight excluding hydrogens is 661 g/mol. The molecule has 5 heteroatoms. The molecule has 250 valence electrons. The minimum Gasteiger partial charge on any atom is -0.310 e. The molecule has 3 nitrogen and oxygen atoms in total. The number of nitrogens with zero attached hydrogens (tertiary/aromatic N) is 3. The molecule has 7 aromatic carbocycles. The van der Waals surface area contributed by atoms with Crippen LogP contribution in [-0.4, -0.2) is 6.71 Å². The molecule has 0 spiro atoms. The highest BCUT2D eigenvalue weighted by atomic mass is 32.2. The third-order valence-corrected chi connectivity index (χ3v) is 11.7. The molecule has 0 atom stereocenters. The fourth-order valence-electron chi connectivity index (χ4n) is 7.92. The minimum absolute atomic E-state index is 0.120. The molecule has 9 rings (SSSR count). The van der Waals surface area contributed by atoms with Crippen molar-refractivity contribution in [2.24, 2.45) is 0 Å². The van der Waals surface area contributed by atoms with E-state index < -0.39 is 0 Å². The molecule has 2 aliphatic rings. The summed E-state index contributed by atoms with van der Waals surface area (Å²) in [6.07, 6.45) is 0. The molecule has 2 heterocycles. The number of anilines is 3. The lowest BCUT2D eigenvalue weighted by Crippen LogP contribution is -2.60. The second-order valence-corrected chi connectivity index (χ2v) is 15.9. The summed E-state index contributed by atoms with van der Waals surface area (Å²) in [5.41, 5.74) is 15.7. The minimum atomic E-state index is -0.151. The van der Waals surface area contributed by atoms with Gasteiger partial charge in [0, 0.05) is 32.3 Å². The zero-order chi connectivity index (χ0) is 36.3. The summed E-state index contributed by atoms with van der Waals surface area (Å²) in [6.45, 7) is 6.68. The van der Waals surface area contributed by atoms with Crippen LogP contribution in [0.4, 0.5) is 17.1 Å². The molecule has 2 aliphatic heterocycles. The maximum absolute atomic E-state index is 10.3. The van der Waals surface area contributed by atoms with Gasteiger partial charge in [-0.3, -0.25) is 0 Å². The lowest BCUT2D eigenvalue weighted by atomic mass is 9.34. The number of nitriles is 2. The van der Waals surface area contributed by atoms with E-state index in [9.17, 15) is 10.5 Å². The standard InChI is InChI=1S/C48H34BN3S/c1-48(2,3)37-27-43-46-45(28-37)53-44-22-20-32(30-51)24-41(44)49(46)40-23-31(29-50)19-21-42(40)52(43)47-38(34-15-9-5-10-16-34)25-36(33-13-7-4-8-14-33)26-39(47)35-17-11-6-12-18-35/h4-28H,1-3H3. The van der Waals surface area contributed by atoms with Gasteiger partial charge in [-0.2, -0.15) is 10.5 Å². The van der Waals surface area contributed by atoms with Crippen LogP contribution < -0.4 is 21.3 Å². The molecule has 53 heavy (non-hydrogen) atoms. The van der Waals surface area contributed by atoms with Gasteiger partial charge < -0.3 is 4.90 Å². The number of hydrogen-bond acceptors (Lipinski definition) is 4. The van der Waals surface area contributed by atoms with E-state index in [-0.39, 0.29) is 12.1 Å². The first-order valence-electron chi connectivity index (χ1n) is 17.9. The molecule has 0 aliphatic carbocycles. The molecule has 7 aromatic rings. The van der Waals surface area contributed by atoms with E-state index in [0.29, 0.717) is 11.1 Å². The Kier molecular flexibility index (Phi) is 7.85. The molecule has 0 amide bonds. The van der Waals surface area contributed by atoms with Crippen LogP contribution in [-0.2, 0) is 5.41 Å². The van der Waals surface area contributed by atoms with E-state index in [4.69, 9.17) is 0 Å². The van der Waals surface area contributed by atoms with Gasteiger partial charge in [-0.25, -0.2) is 0 Å². The quantitative estimate of drug-likeness (QED) is 0.172. The van der Waals surface area contributed by atoms with Crippen molar-refractivity contribution in [1.29, 1.82) is 10.5 Å². The Hall–Kier alpha value is -6.27. The average Bonchev–Trinajstić information content (AvgIpc) is 3.20. The Balaban J connectivity index is 1.45. The highest BCUT2D eigenvalue weighted by Crippen LogP contribution is 2.51. The van der Waals surface area contributed by atoms with Crippen LogP contribution in [0.1, 0.15) is 37.5 Å². The summed E-state index contributed by atoms with van der Waals surface area (Å²) in [7, 11) is 0. The molecule has 0 saturated carbocycles. The van der Waals surface area contributed by atoms with Crippen LogP contribution >= 0.6 is 11.8 Å². The molecule has 0 N–H and O–H groups in total. The first kappa shape index (κ1) is 32.6. The second kappa shape index (κ2) is 12.7. The van der Waals surface area contributed by atoms with E-state index in [1.165, 1.54) is 15.9 Å². The van der Waals surface area contributed by atoms with Gasteiger partial charge in [0.2, 0.25) is 6.71 Å². The van der Waals surface area contributed by atoms with E-state index in [2.05, 4.69) is 177 Å². The molecular formula is C48H34BN3S. The van der Waals surface area contributed by atoms with Crippen molar-refractivity contribution in [3.05, 3.63) is 168 Å². The van der Waals surface area contributed by atoms with E-state index in [1.54, 1.807) is 11.8 Å². The van der Waals surface area contributed by atoms with Gasteiger partial charge in [0.25, 0.3) is 0 Å². The molecule has 0 aromatic heterocycles. The van der Waals surface area contributed by atoms with Crippen molar-refractivity contribution < 1.29 is 0 Å². The summed E-state index contributed by atoms with van der Waals surface area (Å²) in [5.74, 6) is 0. The van der Waals surface area contributed by atoms with Crippen molar-refractivity contribution in [3.8, 4) is 45.5 Å². The maximum atomic E-state index is 10.3. The summed E-state index contributed by atoms with van der Waals surface area (Å²) in [4.78, 5) is 4.82. The van der Waals surface area contributed by atoms with Crippen molar-refractivity contribution in [1.82, 2.24) is 0 Å². The molecule has 0 unspecified atom stereocenters. The van der Waals surface area contributed by atoms with Crippen LogP contribution in [0.25, 0.3) is 33.4 Å². The normalized spacial score (nSPS) is 12.6. The van der Waals surface area contributed by atoms with Crippen LogP contribution in [0, 0.1) is 22.7 Å². The van der Waals surface area contributed by atoms with Crippen molar-refractivity contribution in [2.45, 2.75) is 36.0 Å². The predicted octanol–water partition coefficient (Wildman–Crippen LogP) is 10.5. The van der Waals surface area contributed by atoms with Crippen LogP contribution in [0.3, 0.4) is 0 Å². The zero-order valence-electron chi connectivity index (χ0n) is 29.8. The SMILES string of the molecule is CC(C)(C)c1cc2c3c(c1)N(c1c(-c4ccccc4)cc(-c4ccccc4)cc1-c1ccccc1)c1ccc(C#N)cc1B3c1cc(C#N)ccc1S2. The van der Waals surface area contributed by atoms with Gasteiger partial charge in [0.05, 0.1) is 29.0 Å². The highest BCUT2D eigenvalue weighted by molar-refractivity contribution is 8.00. The van der Waals surface area contributed by atoms with Crippen molar-refractivity contribution >= 4 is 51.9 Å².